The largest absolute Gasteiger partial charge is 0.416 e. The van der Waals surface area contributed by atoms with Crippen molar-refractivity contribution in [3.8, 4) is 0 Å². The van der Waals surface area contributed by atoms with Crippen LogP contribution in [0.25, 0.3) is 0 Å². The van der Waals surface area contributed by atoms with Gasteiger partial charge < -0.3 is 15.1 Å². The molecule has 4 rings (SSSR count). The van der Waals surface area contributed by atoms with Gasteiger partial charge in [-0.3, -0.25) is 14.6 Å². The number of carbonyl (C=O) groups is 1. The van der Waals surface area contributed by atoms with Crippen molar-refractivity contribution in [1.82, 2.24) is 20.3 Å². The van der Waals surface area contributed by atoms with Crippen molar-refractivity contribution < 1.29 is 18.0 Å². The van der Waals surface area contributed by atoms with Gasteiger partial charge in [-0.05, 0) is 29.8 Å². The van der Waals surface area contributed by atoms with E-state index in [1.165, 1.54) is 18.3 Å². The third kappa shape index (κ3) is 5.30. The standard InChI is InChI=1S/C22H21F3N6O2/c23-22(24,25)16-5-3-4-15(12-16)13-27-19(32)17-14-28-21(29-20(17)33)31-10-8-30(9-11-31)18-6-1-2-7-26-18/h1-7,12,14H,8-11,13H2,(H,27,32)(H,28,29,33). The summed E-state index contributed by atoms with van der Waals surface area (Å²) in [7, 11) is 0. The first-order valence-electron chi connectivity index (χ1n) is 10.3. The summed E-state index contributed by atoms with van der Waals surface area (Å²) >= 11 is 0. The van der Waals surface area contributed by atoms with Gasteiger partial charge in [-0.1, -0.05) is 18.2 Å². The molecule has 0 radical (unpaired) electrons. The summed E-state index contributed by atoms with van der Waals surface area (Å²) in [6.45, 7) is 2.46. The second kappa shape index (κ2) is 9.31. The quantitative estimate of drug-likeness (QED) is 0.610. The number of aromatic nitrogens is 3. The zero-order valence-corrected chi connectivity index (χ0v) is 17.5. The van der Waals surface area contributed by atoms with Crippen molar-refractivity contribution in [2.24, 2.45) is 0 Å². The molecular weight excluding hydrogens is 437 g/mol. The Balaban J connectivity index is 1.37. The number of nitrogens with one attached hydrogen (secondary N) is 2. The number of piperazine rings is 1. The van der Waals surface area contributed by atoms with Gasteiger partial charge in [0.2, 0.25) is 5.95 Å². The number of carbonyl (C=O) groups excluding carboxylic acids is 1. The summed E-state index contributed by atoms with van der Waals surface area (Å²) in [5, 5.41) is 2.46. The first-order valence-corrected chi connectivity index (χ1v) is 10.3. The van der Waals surface area contributed by atoms with Crippen LogP contribution in [0, 0.1) is 0 Å². The number of hydrogen-bond donors (Lipinski definition) is 2. The maximum Gasteiger partial charge on any atom is 0.416 e. The lowest BCUT2D eigenvalue weighted by molar-refractivity contribution is -0.137. The Kier molecular flexibility index (Phi) is 6.29. The van der Waals surface area contributed by atoms with E-state index in [0.29, 0.717) is 32.1 Å². The van der Waals surface area contributed by atoms with E-state index in [2.05, 4.69) is 25.2 Å². The molecule has 1 aliphatic heterocycles. The van der Waals surface area contributed by atoms with Crippen LogP contribution in [0.4, 0.5) is 24.9 Å². The maximum atomic E-state index is 12.8. The van der Waals surface area contributed by atoms with Crippen LogP contribution >= 0.6 is 0 Å². The van der Waals surface area contributed by atoms with Crippen molar-refractivity contribution in [2.75, 3.05) is 36.0 Å². The monoisotopic (exact) mass is 458 g/mol. The molecule has 0 unspecified atom stereocenters. The highest BCUT2D eigenvalue weighted by Crippen LogP contribution is 2.29. The Bertz CT molecular complexity index is 1170. The predicted octanol–water partition coefficient (Wildman–Crippen LogP) is 2.44. The Hall–Kier alpha value is -3.89. The van der Waals surface area contributed by atoms with Crippen LogP contribution in [-0.2, 0) is 12.7 Å². The highest BCUT2D eigenvalue weighted by atomic mass is 19.4. The Morgan fingerprint density at radius 3 is 2.45 bits per heavy atom. The average Bonchev–Trinajstić information content (AvgIpc) is 2.83. The lowest BCUT2D eigenvalue weighted by atomic mass is 10.1. The number of amides is 1. The minimum absolute atomic E-state index is 0.153. The van der Waals surface area contributed by atoms with E-state index in [4.69, 9.17) is 0 Å². The van der Waals surface area contributed by atoms with Gasteiger partial charge in [0.15, 0.2) is 0 Å². The number of rotatable bonds is 5. The van der Waals surface area contributed by atoms with E-state index in [1.807, 2.05) is 23.1 Å². The van der Waals surface area contributed by atoms with Gasteiger partial charge in [0.25, 0.3) is 11.5 Å². The van der Waals surface area contributed by atoms with Crippen LogP contribution in [0.15, 0.2) is 59.7 Å². The van der Waals surface area contributed by atoms with Crippen molar-refractivity contribution in [3.05, 3.63) is 81.9 Å². The fraction of sp³-hybridized carbons (Fsp3) is 0.273. The summed E-state index contributed by atoms with van der Waals surface area (Å²) < 4.78 is 38.5. The number of anilines is 2. The molecule has 0 atom stereocenters. The van der Waals surface area contributed by atoms with Crippen LogP contribution in [0.1, 0.15) is 21.5 Å². The number of nitrogens with zero attached hydrogens (tertiary/aromatic N) is 4. The molecule has 0 aliphatic carbocycles. The molecule has 3 aromatic rings. The third-order valence-corrected chi connectivity index (χ3v) is 5.29. The van der Waals surface area contributed by atoms with Gasteiger partial charge in [0.05, 0.1) is 5.56 Å². The van der Waals surface area contributed by atoms with Gasteiger partial charge in [0, 0.05) is 45.1 Å². The molecule has 0 spiro atoms. The molecule has 3 heterocycles. The molecule has 2 aromatic heterocycles. The third-order valence-electron chi connectivity index (χ3n) is 5.29. The number of alkyl halides is 3. The summed E-state index contributed by atoms with van der Waals surface area (Å²) in [6.07, 6.45) is -1.56. The van der Waals surface area contributed by atoms with Gasteiger partial charge >= 0.3 is 6.18 Å². The fourth-order valence-electron chi connectivity index (χ4n) is 3.53. The zero-order valence-electron chi connectivity index (χ0n) is 17.5. The summed E-state index contributed by atoms with van der Waals surface area (Å²) in [5.74, 6) is 0.522. The molecule has 172 valence electrons. The maximum absolute atomic E-state index is 12.8. The summed E-state index contributed by atoms with van der Waals surface area (Å²) in [6, 6.07) is 10.3. The number of hydrogen-bond acceptors (Lipinski definition) is 6. The second-order valence-electron chi connectivity index (χ2n) is 7.49. The molecule has 1 amide bonds. The van der Waals surface area contributed by atoms with Crippen LogP contribution in [0.5, 0.6) is 0 Å². The molecule has 0 saturated carbocycles. The van der Waals surface area contributed by atoms with E-state index >= 15 is 0 Å². The van der Waals surface area contributed by atoms with E-state index < -0.39 is 23.2 Å². The minimum Gasteiger partial charge on any atom is -0.353 e. The molecule has 1 aromatic carbocycles. The molecule has 1 fully saturated rings. The lowest BCUT2D eigenvalue weighted by Gasteiger charge is -2.35. The summed E-state index contributed by atoms with van der Waals surface area (Å²) in [4.78, 5) is 40.0. The predicted molar refractivity (Wildman–Crippen MR) is 116 cm³/mol. The number of aromatic amines is 1. The minimum atomic E-state index is -4.47. The topological polar surface area (TPSA) is 94.2 Å². The molecule has 11 heteroatoms. The first-order chi connectivity index (χ1) is 15.8. The highest BCUT2D eigenvalue weighted by Gasteiger charge is 2.30. The molecule has 1 saturated heterocycles. The zero-order chi connectivity index (χ0) is 23.4. The molecule has 2 N–H and O–H groups in total. The SMILES string of the molecule is O=C(NCc1cccc(C(F)(F)F)c1)c1cnc(N2CCN(c3ccccn3)CC2)[nH]c1=O. The normalized spacial score (nSPS) is 14.3. The fourth-order valence-corrected chi connectivity index (χ4v) is 3.53. The second-order valence-corrected chi connectivity index (χ2v) is 7.49. The van der Waals surface area contributed by atoms with E-state index in [0.717, 1.165) is 18.0 Å². The van der Waals surface area contributed by atoms with E-state index in [-0.39, 0.29) is 17.7 Å². The van der Waals surface area contributed by atoms with Crippen LogP contribution in [0.2, 0.25) is 0 Å². The lowest BCUT2D eigenvalue weighted by Crippen LogP contribution is -2.48. The number of benzene rings is 1. The Morgan fingerprint density at radius 1 is 1.03 bits per heavy atom. The van der Waals surface area contributed by atoms with E-state index in [9.17, 15) is 22.8 Å². The Morgan fingerprint density at radius 2 is 1.79 bits per heavy atom. The molecule has 33 heavy (non-hydrogen) atoms. The van der Waals surface area contributed by atoms with Crippen molar-refractivity contribution in [2.45, 2.75) is 12.7 Å². The number of H-pyrrole nitrogens is 1. The smallest absolute Gasteiger partial charge is 0.353 e. The van der Waals surface area contributed by atoms with Gasteiger partial charge in [-0.2, -0.15) is 13.2 Å². The molecule has 8 nitrogen and oxygen atoms in total. The van der Waals surface area contributed by atoms with Crippen LogP contribution < -0.4 is 20.7 Å². The summed E-state index contributed by atoms with van der Waals surface area (Å²) in [5.41, 5.74) is -1.36. The van der Waals surface area contributed by atoms with Gasteiger partial charge in [-0.15, -0.1) is 0 Å². The Labute approximate surface area is 187 Å². The first kappa shape index (κ1) is 22.3. The number of halogens is 3. The molecular formula is C22H21F3N6O2. The van der Waals surface area contributed by atoms with Crippen LogP contribution in [-0.4, -0.2) is 47.0 Å². The van der Waals surface area contributed by atoms with Crippen LogP contribution in [0.3, 0.4) is 0 Å². The average molecular weight is 458 g/mol. The van der Waals surface area contributed by atoms with Gasteiger partial charge in [-0.25, -0.2) is 9.97 Å². The van der Waals surface area contributed by atoms with Gasteiger partial charge in [0.1, 0.15) is 11.4 Å². The van der Waals surface area contributed by atoms with E-state index in [1.54, 1.807) is 6.20 Å². The van der Waals surface area contributed by atoms with Crippen molar-refractivity contribution in [1.29, 1.82) is 0 Å². The molecule has 1 aliphatic rings. The highest BCUT2D eigenvalue weighted by molar-refractivity contribution is 5.93. The number of pyridine rings is 1. The molecule has 0 bridgehead atoms. The van der Waals surface area contributed by atoms with Crippen molar-refractivity contribution >= 4 is 17.7 Å². The van der Waals surface area contributed by atoms with Crippen molar-refractivity contribution in [3.63, 3.8) is 0 Å².